The van der Waals surface area contributed by atoms with Crippen LogP contribution in [0.25, 0.3) is 0 Å². The first-order chi connectivity index (χ1) is 9.24. The van der Waals surface area contributed by atoms with Crippen LogP contribution < -0.4 is 4.74 Å². The van der Waals surface area contributed by atoms with Crippen molar-refractivity contribution in [3.63, 3.8) is 0 Å². The maximum absolute atomic E-state index is 12.3. The van der Waals surface area contributed by atoms with Gasteiger partial charge in [-0.1, -0.05) is 36.4 Å². The van der Waals surface area contributed by atoms with Gasteiger partial charge in [0, 0.05) is 12.6 Å². The van der Waals surface area contributed by atoms with E-state index in [2.05, 4.69) is 11.3 Å². The molecular formula is C12H14ClF3N2O2. The molecule has 0 aliphatic heterocycles. The molecule has 0 saturated carbocycles. The summed E-state index contributed by atoms with van der Waals surface area (Å²) in [6, 6.07) is 5.77. The average Bonchev–Trinajstić information content (AvgIpc) is 2.34. The number of para-hydroxylation sites is 1. The Bertz CT molecular complexity index is 468. The molecule has 20 heavy (non-hydrogen) atoms. The average molecular weight is 311 g/mol. The lowest BCUT2D eigenvalue weighted by Gasteiger charge is -2.30. The van der Waals surface area contributed by atoms with Crippen LogP contribution in [0.3, 0.4) is 0 Å². The number of hydrogen-bond acceptors (Lipinski definition) is 4. The summed E-state index contributed by atoms with van der Waals surface area (Å²) in [5.74, 6) is -0.299. The molecule has 0 amide bonds. The van der Waals surface area contributed by atoms with Crippen LogP contribution >= 0.6 is 11.6 Å². The first-order valence-electron chi connectivity index (χ1n) is 5.48. The number of hydrogen-bond donors (Lipinski definition) is 0. The smallest absolute Gasteiger partial charge is 0.405 e. The van der Waals surface area contributed by atoms with E-state index in [-0.39, 0.29) is 23.0 Å². The van der Waals surface area contributed by atoms with Crippen LogP contribution in [-0.4, -0.2) is 30.7 Å². The standard InChI is InChI=1S/C12H14ClF3N2O2/c1-9(13)18(17(2)19-3)8-10-6-4-5-7-11(10)20-12(14,15)16/h4-7H,1,8H2,2-3H3. The summed E-state index contributed by atoms with van der Waals surface area (Å²) in [4.78, 5) is 4.94. The molecule has 0 bridgehead atoms. The maximum Gasteiger partial charge on any atom is 0.573 e. The predicted molar refractivity (Wildman–Crippen MR) is 68.4 cm³/mol. The molecule has 0 heterocycles. The van der Waals surface area contributed by atoms with Crippen LogP contribution in [0.2, 0.25) is 0 Å². The molecule has 112 valence electrons. The van der Waals surface area contributed by atoms with E-state index < -0.39 is 6.36 Å². The molecule has 0 fully saturated rings. The molecule has 0 unspecified atom stereocenters. The van der Waals surface area contributed by atoms with Gasteiger partial charge in [0.25, 0.3) is 0 Å². The van der Waals surface area contributed by atoms with Crippen molar-refractivity contribution in [1.82, 2.24) is 10.2 Å². The number of nitrogens with zero attached hydrogens (tertiary/aromatic N) is 2. The summed E-state index contributed by atoms with van der Waals surface area (Å²) in [6.07, 6.45) is -4.76. The zero-order chi connectivity index (χ0) is 15.3. The van der Waals surface area contributed by atoms with Gasteiger partial charge in [-0.3, -0.25) is 9.85 Å². The summed E-state index contributed by atoms with van der Waals surface area (Å²) in [7, 11) is 2.94. The van der Waals surface area contributed by atoms with E-state index >= 15 is 0 Å². The molecule has 0 spiro atoms. The van der Waals surface area contributed by atoms with Crippen LogP contribution in [0.5, 0.6) is 5.75 Å². The molecular weight excluding hydrogens is 297 g/mol. The van der Waals surface area contributed by atoms with Crippen molar-refractivity contribution in [2.24, 2.45) is 0 Å². The Balaban J connectivity index is 2.98. The molecule has 1 aromatic carbocycles. The summed E-state index contributed by atoms with van der Waals surface area (Å²) >= 11 is 5.80. The molecule has 4 nitrogen and oxygen atoms in total. The quantitative estimate of drug-likeness (QED) is 0.593. The summed E-state index contributed by atoms with van der Waals surface area (Å²) in [5, 5.41) is 2.69. The van der Waals surface area contributed by atoms with Gasteiger partial charge in [-0.05, 0) is 6.07 Å². The number of benzene rings is 1. The molecule has 1 aromatic rings. The van der Waals surface area contributed by atoms with Gasteiger partial charge in [0.05, 0.1) is 13.7 Å². The highest BCUT2D eigenvalue weighted by Gasteiger charge is 2.32. The molecule has 0 atom stereocenters. The number of hydroxylamine groups is 1. The molecule has 0 N–H and O–H groups in total. The van der Waals surface area contributed by atoms with Crippen LogP contribution in [-0.2, 0) is 11.4 Å². The zero-order valence-electron chi connectivity index (χ0n) is 10.9. The van der Waals surface area contributed by atoms with E-state index in [0.717, 1.165) is 0 Å². The Kier molecular flexibility index (Phi) is 5.67. The van der Waals surface area contributed by atoms with Crippen LogP contribution in [0.4, 0.5) is 13.2 Å². The van der Waals surface area contributed by atoms with E-state index in [1.165, 1.54) is 35.5 Å². The lowest BCUT2D eigenvalue weighted by Crippen LogP contribution is -2.36. The lowest BCUT2D eigenvalue weighted by molar-refractivity contribution is -0.275. The summed E-state index contributed by atoms with van der Waals surface area (Å²) in [6.45, 7) is 3.54. The summed E-state index contributed by atoms with van der Waals surface area (Å²) in [5.41, 5.74) is 0.288. The Morgan fingerprint density at radius 2 is 1.95 bits per heavy atom. The second-order valence-electron chi connectivity index (χ2n) is 3.74. The second kappa shape index (κ2) is 6.83. The topological polar surface area (TPSA) is 24.9 Å². The van der Waals surface area contributed by atoms with E-state index in [1.54, 1.807) is 13.1 Å². The normalized spacial score (nSPS) is 11.6. The van der Waals surface area contributed by atoms with E-state index in [4.69, 9.17) is 16.4 Å². The first-order valence-corrected chi connectivity index (χ1v) is 5.85. The van der Waals surface area contributed by atoms with Crippen molar-refractivity contribution < 1.29 is 22.7 Å². The third kappa shape index (κ3) is 4.92. The second-order valence-corrected chi connectivity index (χ2v) is 4.17. The minimum atomic E-state index is -4.76. The number of alkyl halides is 3. The highest BCUT2D eigenvalue weighted by atomic mass is 35.5. The molecule has 0 radical (unpaired) electrons. The van der Waals surface area contributed by atoms with Gasteiger partial charge in [0.1, 0.15) is 10.9 Å². The van der Waals surface area contributed by atoms with Crippen molar-refractivity contribution in [3.05, 3.63) is 41.6 Å². The fraction of sp³-hybridized carbons (Fsp3) is 0.333. The maximum atomic E-state index is 12.3. The van der Waals surface area contributed by atoms with Gasteiger partial charge in [0.2, 0.25) is 0 Å². The summed E-state index contributed by atoms with van der Waals surface area (Å²) < 4.78 is 41.0. The van der Waals surface area contributed by atoms with Crippen molar-refractivity contribution >= 4 is 11.6 Å². The Hall–Kier alpha value is -1.44. The number of halogens is 4. The van der Waals surface area contributed by atoms with E-state index in [0.29, 0.717) is 0 Å². The fourth-order valence-corrected chi connectivity index (χ4v) is 1.62. The van der Waals surface area contributed by atoms with Crippen molar-refractivity contribution in [1.29, 1.82) is 0 Å². The van der Waals surface area contributed by atoms with Gasteiger partial charge >= 0.3 is 6.36 Å². The number of hydrazine groups is 1. The predicted octanol–water partition coefficient (Wildman–Crippen LogP) is 3.51. The Labute approximate surface area is 119 Å². The zero-order valence-corrected chi connectivity index (χ0v) is 11.7. The Morgan fingerprint density at radius 1 is 1.35 bits per heavy atom. The fourth-order valence-electron chi connectivity index (χ4n) is 1.46. The Morgan fingerprint density at radius 3 is 2.45 bits per heavy atom. The van der Waals surface area contributed by atoms with Gasteiger partial charge < -0.3 is 4.74 Å². The van der Waals surface area contributed by atoms with Crippen molar-refractivity contribution in [3.8, 4) is 5.75 Å². The van der Waals surface area contributed by atoms with Gasteiger partial charge in [-0.15, -0.1) is 18.3 Å². The monoisotopic (exact) mass is 310 g/mol. The van der Waals surface area contributed by atoms with Gasteiger partial charge in [-0.25, -0.2) is 0 Å². The van der Waals surface area contributed by atoms with E-state index in [9.17, 15) is 13.2 Å². The third-order valence-corrected chi connectivity index (χ3v) is 2.60. The lowest BCUT2D eigenvalue weighted by atomic mass is 10.2. The van der Waals surface area contributed by atoms with Gasteiger partial charge in [-0.2, -0.15) is 0 Å². The minimum absolute atomic E-state index is 0.0128. The SMILES string of the molecule is C=C(Cl)N(Cc1ccccc1OC(F)(F)F)N(C)OC. The first kappa shape index (κ1) is 16.6. The van der Waals surface area contributed by atoms with Crippen LogP contribution in [0.1, 0.15) is 5.56 Å². The minimum Gasteiger partial charge on any atom is -0.405 e. The molecule has 1 rings (SSSR count). The molecule has 8 heteroatoms. The van der Waals surface area contributed by atoms with Crippen molar-refractivity contribution in [2.75, 3.05) is 14.2 Å². The van der Waals surface area contributed by atoms with Crippen molar-refractivity contribution in [2.45, 2.75) is 12.9 Å². The third-order valence-electron chi connectivity index (χ3n) is 2.40. The van der Waals surface area contributed by atoms with Crippen LogP contribution in [0.15, 0.2) is 36.0 Å². The number of ether oxygens (including phenoxy) is 1. The van der Waals surface area contributed by atoms with E-state index in [1.807, 2.05) is 0 Å². The molecule has 0 saturated heterocycles. The highest BCUT2D eigenvalue weighted by molar-refractivity contribution is 6.28. The molecule has 0 aliphatic rings. The highest BCUT2D eigenvalue weighted by Crippen LogP contribution is 2.28. The van der Waals surface area contributed by atoms with Crippen LogP contribution in [0, 0.1) is 0 Å². The molecule has 0 aromatic heterocycles. The number of rotatable bonds is 6. The molecule has 0 aliphatic carbocycles. The van der Waals surface area contributed by atoms with Gasteiger partial charge in [0.15, 0.2) is 0 Å². The largest absolute Gasteiger partial charge is 0.573 e.